The topological polar surface area (TPSA) is 130 Å². The Morgan fingerprint density at radius 3 is 2.81 bits per heavy atom. The molecule has 0 spiro atoms. The molecule has 4 rings (SSSR count). The van der Waals surface area contributed by atoms with Gasteiger partial charge < -0.3 is 29.4 Å². The fourth-order valence-corrected chi connectivity index (χ4v) is 2.98. The lowest BCUT2D eigenvalue weighted by Gasteiger charge is -2.33. The monoisotopic (exact) mass is 359 g/mol. The number of benzene rings is 1. The molecule has 1 aliphatic rings. The van der Waals surface area contributed by atoms with Gasteiger partial charge in [-0.05, 0) is 25.1 Å². The van der Waals surface area contributed by atoms with Crippen LogP contribution >= 0.6 is 0 Å². The first-order chi connectivity index (χ1) is 12.5. The van der Waals surface area contributed by atoms with Crippen molar-refractivity contribution in [1.82, 2.24) is 15.0 Å². The number of methoxy groups -OCH3 is 1. The molecule has 0 radical (unpaired) electrons. The molecule has 26 heavy (non-hydrogen) atoms. The van der Waals surface area contributed by atoms with Gasteiger partial charge in [0.25, 0.3) is 6.29 Å². The number of rotatable bonds is 3. The molecular formula is C17H17N3O6. The number of nitrogens with zero attached hydrogens (tertiary/aromatic N) is 1. The molecule has 9 heteroatoms. The molecular weight excluding hydrogens is 342 g/mol. The largest absolute Gasteiger partial charge is 0.495 e. The molecule has 136 valence electrons. The highest BCUT2D eigenvalue weighted by atomic mass is 16.7. The summed E-state index contributed by atoms with van der Waals surface area (Å²) in [5.74, 6) is 0.893. The number of aliphatic hydroxyl groups excluding tert-OH is 2. The van der Waals surface area contributed by atoms with E-state index in [-0.39, 0.29) is 11.4 Å². The molecule has 3 unspecified atom stereocenters. The minimum atomic E-state index is -1.32. The fourth-order valence-electron chi connectivity index (χ4n) is 2.98. The maximum atomic E-state index is 11.4. The van der Waals surface area contributed by atoms with Crippen LogP contribution < -0.4 is 10.4 Å². The number of ether oxygens (including phenoxy) is 3. The number of allylic oxidation sites excluding steroid dienone is 1. The van der Waals surface area contributed by atoms with E-state index in [1.807, 2.05) is 0 Å². The third-order valence-corrected chi connectivity index (χ3v) is 4.25. The lowest BCUT2D eigenvalue weighted by molar-refractivity contribution is -0.175. The smallest absolute Gasteiger partial charge is 0.325 e. The molecule has 3 aromatic rings. The van der Waals surface area contributed by atoms with Gasteiger partial charge >= 0.3 is 5.69 Å². The highest BCUT2D eigenvalue weighted by Gasteiger charge is 2.39. The Bertz CT molecular complexity index is 1070. The molecule has 0 bridgehead atoms. The van der Waals surface area contributed by atoms with E-state index in [2.05, 4.69) is 15.0 Å². The van der Waals surface area contributed by atoms with Crippen LogP contribution in [0.15, 0.2) is 40.6 Å². The van der Waals surface area contributed by atoms with Crippen molar-refractivity contribution in [2.45, 2.75) is 25.4 Å². The van der Waals surface area contributed by atoms with Gasteiger partial charge in [-0.1, -0.05) is 0 Å². The zero-order chi connectivity index (χ0) is 18.4. The number of fused-ring (bicyclic) bond motifs is 2. The lowest BCUT2D eigenvalue weighted by Crippen LogP contribution is -2.47. The molecule has 3 heterocycles. The minimum Gasteiger partial charge on any atom is -0.495 e. The highest BCUT2D eigenvalue weighted by Crippen LogP contribution is 2.28. The highest BCUT2D eigenvalue weighted by molar-refractivity contribution is 5.89. The van der Waals surface area contributed by atoms with Gasteiger partial charge in [0.15, 0.2) is 17.5 Å². The van der Waals surface area contributed by atoms with Crippen LogP contribution in [-0.2, 0) is 9.47 Å². The van der Waals surface area contributed by atoms with Gasteiger partial charge in [0, 0.05) is 11.5 Å². The van der Waals surface area contributed by atoms with E-state index in [1.165, 1.54) is 7.11 Å². The number of aromatic amines is 2. The predicted molar refractivity (Wildman–Crippen MR) is 91.4 cm³/mol. The van der Waals surface area contributed by atoms with Crippen LogP contribution in [0, 0.1) is 0 Å². The molecule has 0 fully saturated rings. The van der Waals surface area contributed by atoms with Gasteiger partial charge in [-0.25, -0.2) is 9.78 Å². The average molecular weight is 359 g/mol. The summed E-state index contributed by atoms with van der Waals surface area (Å²) in [6.45, 7) is 1.62. The third kappa shape index (κ3) is 2.67. The van der Waals surface area contributed by atoms with Crippen molar-refractivity contribution in [3.05, 3.63) is 46.3 Å². The van der Waals surface area contributed by atoms with Crippen LogP contribution in [0.25, 0.3) is 22.1 Å². The molecule has 0 saturated carbocycles. The van der Waals surface area contributed by atoms with E-state index in [4.69, 9.17) is 14.2 Å². The number of nitrogens with one attached hydrogen (secondary N) is 2. The quantitative estimate of drug-likeness (QED) is 0.543. The molecule has 0 saturated heterocycles. The molecule has 2 aromatic heterocycles. The van der Waals surface area contributed by atoms with E-state index in [1.54, 1.807) is 31.2 Å². The maximum absolute atomic E-state index is 11.4. The molecule has 1 aromatic carbocycles. The predicted octanol–water partition coefficient (Wildman–Crippen LogP) is 0.739. The molecule has 3 atom stereocenters. The average Bonchev–Trinajstić information content (AvgIpc) is 2.96. The second-order valence-electron chi connectivity index (χ2n) is 5.98. The number of aromatic nitrogens is 3. The SMILES string of the molecule is COC1=C(C)OC(Oc2ccc3cc4[nH]c(=O)[nH]c4nc3c2)C(O)C1O. The Hall–Kier alpha value is -3.04. The van der Waals surface area contributed by atoms with E-state index >= 15 is 0 Å². The third-order valence-electron chi connectivity index (χ3n) is 4.25. The summed E-state index contributed by atoms with van der Waals surface area (Å²) in [5, 5.41) is 21.1. The molecule has 0 amide bonds. The fraction of sp³-hybridized carbons (Fsp3) is 0.294. The number of H-pyrrole nitrogens is 2. The van der Waals surface area contributed by atoms with Crippen molar-refractivity contribution in [1.29, 1.82) is 0 Å². The van der Waals surface area contributed by atoms with Crippen LogP contribution in [0.3, 0.4) is 0 Å². The molecule has 4 N–H and O–H groups in total. The van der Waals surface area contributed by atoms with Crippen LogP contribution in [0.4, 0.5) is 0 Å². The van der Waals surface area contributed by atoms with Gasteiger partial charge in [-0.3, -0.25) is 4.98 Å². The van der Waals surface area contributed by atoms with E-state index in [9.17, 15) is 15.0 Å². The summed E-state index contributed by atoms with van der Waals surface area (Å²) in [6.07, 6.45) is -3.67. The van der Waals surface area contributed by atoms with Crippen LogP contribution in [0.2, 0.25) is 0 Å². The number of hydrogen-bond donors (Lipinski definition) is 4. The zero-order valence-corrected chi connectivity index (χ0v) is 14.0. The summed E-state index contributed by atoms with van der Waals surface area (Å²) in [6, 6.07) is 6.92. The van der Waals surface area contributed by atoms with Crippen molar-refractivity contribution < 1.29 is 24.4 Å². The minimum absolute atomic E-state index is 0.163. The standard InChI is InChI=1S/C17H17N3O6/c1-7-14(24-2)12(21)13(22)16(25-7)26-9-4-3-8-5-11-15(18-10(8)6-9)20-17(23)19-11/h3-6,12-13,16,21-22H,1-2H3,(H2,18,19,20,23). The number of aliphatic hydroxyl groups is 2. The van der Waals surface area contributed by atoms with E-state index < -0.39 is 18.5 Å². The van der Waals surface area contributed by atoms with Crippen molar-refractivity contribution in [3.8, 4) is 5.75 Å². The number of pyridine rings is 1. The molecule has 9 nitrogen and oxygen atoms in total. The van der Waals surface area contributed by atoms with Crippen molar-refractivity contribution in [2.24, 2.45) is 0 Å². The Labute approximate surface area is 146 Å². The summed E-state index contributed by atoms with van der Waals surface area (Å²) in [5.41, 5.74) is 1.31. The van der Waals surface area contributed by atoms with Gasteiger partial charge in [0.05, 0.1) is 18.1 Å². The first-order valence-electron chi connectivity index (χ1n) is 7.93. The molecule has 0 aliphatic carbocycles. The van der Waals surface area contributed by atoms with Crippen molar-refractivity contribution in [3.63, 3.8) is 0 Å². The Morgan fingerprint density at radius 1 is 1.23 bits per heavy atom. The molecule has 1 aliphatic heterocycles. The Balaban J connectivity index is 1.66. The summed E-state index contributed by atoms with van der Waals surface area (Å²) >= 11 is 0. The maximum Gasteiger partial charge on any atom is 0.325 e. The number of imidazole rings is 1. The first kappa shape index (κ1) is 16.4. The van der Waals surface area contributed by atoms with Crippen LogP contribution in [-0.4, -0.2) is 50.8 Å². The normalized spacial score (nSPS) is 23.3. The van der Waals surface area contributed by atoms with Gasteiger partial charge in [0.2, 0.25) is 0 Å². The number of hydrogen-bond acceptors (Lipinski definition) is 7. The second kappa shape index (κ2) is 6.04. The van der Waals surface area contributed by atoms with Crippen LogP contribution in [0.5, 0.6) is 5.75 Å². The summed E-state index contributed by atoms with van der Waals surface area (Å²) < 4.78 is 16.2. The Morgan fingerprint density at radius 2 is 2.04 bits per heavy atom. The first-order valence-corrected chi connectivity index (χ1v) is 7.93. The van der Waals surface area contributed by atoms with Gasteiger partial charge in [-0.15, -0.1) is 0 Å². The summed E-state index contributed by atoms with van der Waals surface area (Å²) in [7, 11) is 1.39. The van der Waals surface area contributed by atoms with E-state index in [0.29, 0.717) is 28.2 Å². The zero-order valence-electron chi connectivity index (χ0n) is 14.0. The van der Waals surface area contributed by atoms with Crippen molar-refractivity contribution >= 4 is 22.1 Å². The van der Waals surface area contributed by atoms with Crippen molar-refractivity contribution in [2.75, 3.05) is 7.11 Å². The Kier molecular flexibility index (Phi) is 3.82. The van der Waals surface area contributed by atoms with Crippen LogP contribution in [0.1, 0.15) is 6.92 Å². The lowest BCUT2D eigenvalue weighted by atomic mass is 10.1. The van der Waals surface area contributed by atoms with Gasteiger partial charge in [-0.2, -0.15) is 0 Å². The summed E-state index contributed by atoms with van der Waals surface area (Å²) in [4.78, 5) is 21.0. The second-order valence-corrected chi connectivity index (χ2v) is 5.98. The van der Waals surface area contributed by atoms with Gasteiger partial charge in [0.1, 0.15) is 17.6 Å². The van der Waals surface area contributed by atoms with E-state index in [0.717, 1.165) is 5.39 Å².